The predicted octanol–water partition coefficient (Wildman–Crippen LogP) is 2.27. The van der Waals surface area contributed by atoms with Crippen molar-refractivity contribution in [3.63, 3.8) is 0 Å². The molecule has 0 unspecified atom stereocenters. The van der Waals surface area contributed by atoms with E-state index in [0.717, 1.165) is 67.4 Å². The summed E-state index contributed by atoms with van der Waals surface area (Å²) in [7, 11) is 0. The van der Waals surface area contributed by atoms with Crippen LogP contribution in [0, 0.1) is 5.92 Å². The number of rotatable bonds is 3. The molecule has 0 atom stereocenters. The number of hydrogen-bond donors (Lipinski definition) is 0. The third kappa shape index (κ3) is 3.30. The van der Waals surface area contributed by atoms with Gasteiger partial charge in [-0.1, -0.05) is 30.3 Å². The van der Waals surface area contributed by atoms with Crippen LogP contribution in [0.4, 0.5) is 5.82 Å². The van der Waals surface area contributed by atoms with Crippen molar-refractivity contribution < 1.29 is 9.53 Å². The van der Waals surface area contributed by atoms with Crippen molar-refractivity contribution in [3.8, 4) is 11.4 Å². The lowest BCUT2D eigenvalue weighted by Gasteiger charge is -2.34. The number of hydrogen-bond acceptors (Lipinski definition) is 5. The van der Waals surface area contributed by atoms with Crippen LogP contribution in [0.5, 0.6) is 0 Å². The minimum absolute atomic E-state index is 0.253. The first-order chi connectivity index (χ1) is 13.3. The van der Waals surface area contributed by atoms with Crippen LogP contribution >= 0.6 is 0 Å². The van der Waals surface area contributed by atoms with Crippen molar-refractivity contribution in [3.05, 3.63) is 41.6 Å². The predicted molar refractivity (Wildman–Crippen MR) is 102 cm³/mol. The van der Waals surface area contributed by atoms with E-state index in [1.54, 1.807) is 0 Å². The van der Waals surface area contributed by atoms with E-state index in [1.165, 1.54) is 0 Å². The molecule has 3 heterocycles. The number of carbonyl (C=O) groups is 1. The summed E-state index contributed by atoms with van der Waals surface area (Å²) >= 11 is 0. The number of amides is 1. The second-order valence-corrected chi connectivity index (χ2v) is 7.55. The van der Waals surface area contributed by atoms with Gasteiger partial charge in [0.15, 0.2) is 5.82 Å². The molecule has 0 bridgehead atoms. The number of benzene rings is 1. The monoisotopic (exact) mass is 364 g/mol. The Morgan fingerprint density at radius 3 is 2.56 bits per heavy atom. The Balaban J connectivity index is 1.54. The van der Waals surface area contributed by atoms with Crippen molar-refractivity contribution in [1.82, 2.24) is 14.9 Å². The highest BCUT2D eigenvalue weighted by Crippen LogP contribution is 2.35. The molecule has 1 saturated heterocycles. The Labute approximate surface area is 159 Å². The molecule has 2 aliphatic heterocycles. The number of anilines is 1. The van der Waals surface area contributed by atoms with Gasteiger partial charge in [0, 0.05) is 43.1 Å². The normalized spacial score (nSPS) is 19.7. The summed E-state index contributed by atoms with van der Waals surface area (Å²) in [6.45, 7) is 4.47. The maximum absolute atomic E-state index is 12.6. The van der Waals surface area contributed by atoms with E-state index < -0.39 is 0 Å². The summed E-state index contributed by atoms with van der Waals surface area (Å²) in [4.78, 5) is 26.7. The second-order valence-electron chi connectivity index (χ2n) is 7.55. The molecule has 1 aromatic heterocycles. The van der Waals surface area contributed by atoms with Crippen molar-refractivity contribution in [2.45, 2.75) is 25.8 Å². The van der Waals surface area contributed by atoms with Gasteiger partial charge in [-0.3, -0.25) is 4.79 Å². The molecule has 2 aromatic rings. The molecule has 2 fully saturated rings. The van der Waals surface area contributed by atoms with Gasteiger partial charge < -0.3 is 14.5 Å². The number of fused-ring (bicyclic) bond motifs is 1. The summed E-state index contributed by atoms with van der Waals surface area (Å²) in [5.41, 5.74) is 3.24. The zero-order chi connectivity index (χ0) is 18.2. The van der Waals surface area contributed by atoms with Crippen LogP contribution in [0.3, 0.4) is 0 Å². The first-order valence-corrected chi connectivity index (χ1v) is 9.86. The molecule has 1 aliphatic carbocycles. The van der Waals surface area contributed by atoms with Gasteiger partial charge >= 0.3 is 0 Å². The summed E-state index contributed by atoms with van der Waals surface area (Å²) in [6.07, 6.45) is 2.89. The van der Waals surface area contributed by atoms with Crippen LogP contribution in [0.25, 0.3) is 11.4 Å². The lowest BCUT2D eigenvalue weighted by Crippen LogP contribution is -2.41. The number of aromatic nitrogens is 2. The van der Waals surface area contributed by atoms with E-state index in [9.17, 15) is 4.79 Å². The average molecular weight is 364 g/mol. The molecule has 3 aliphatic rings. The molecule has 0 spiro atoms. The van der Waals surface area contributed by atoms with Gasteiger partial charge in [-0.2, -0.15) is 0 Å². The lowest BCUT2D eigenvalue weighted by molar-refractivity contribution is -0.133. The zero-order valence-electron chi connectivity index (χ0n) is 15.4. The van der Waals surface area contributed by atoms with Crippen molar-refractivity contribution >= 4 is 11.7 Å². The number of morpholine rings is 1. The number of nitrogens with zero attached hydrogens (tertiary/aromatic N) is 4. The average Bonchev–Trinajstić information content (AvgIpc) is 3.59. The molecule has 5 rings (SSSR count). The number of ether oxygens (including phenoxy) is 1. The third-order valence-electron chi connectivity index (χ3n) is 5.62. The topological polar surface area (TPSA) is 58.6 Å². The Morgan fingerprint density at radius 1 is 1.04 bits per heavy atom. The molecule has 6 nitrogen and oxygen atoms in total. The standard InChI is InChI=1S/C21H24N4O2/c26-21(16-6-7-16)25-9-8-18-17(14-25)20(24-10-12-27-13-11-24)23-19(22-18)15-4-2-1-3-5-15/h1-5,16H,6-14H2. The van der Waals surface area contributed by atoms with Crippen LogP contribution in [0.1, 0.15) is 24.1 Å². The molecule has 1 aromatic carbocycles. The Hall–Kier alpha value is -2.47. The van der Waals surface area contributed by atoms with E-state index in [2.05, 4.69) is 17.0 Å². The highest BCUT2D eigenvalue weighted by atomic mass is 16.5. The molecule has 1 saturated carbocycles. The molecular weight excluding hydrogens is 340 g/mol. The Morgan fingerprint density at radius 2 is 1.81 bits per heavy atom. The molecule has 1 amide bonds. The smallest absolute Gasteiger partial charge is 0.225 e. The molecular formula is C21H24N4O2. The van der Waals surface area contributed by atoms with E-state index in [1.807, 2.05) is 23.1 Å². The van der Waals surface area contributed by atoms with E-state index in [4.69, 9.17) is 14.7 Å². The quantitative estimate of drug-likeness (QED) is 0.836. The summed E-state index contributed by atoms with van der Waals surface area (Å²) in [6, 6.07) is 10.1. The van der Waals surface area contributed by atoms with Gasteiger partial charge in [-0.15, -0.1) is 0 Å². The third-order valence-corrected chi connectivity index (χ3v) is 5.62. The van der Waals surface area contributed by atoms with Crippen LogP contribution in [-0.2, 0) is 22.5 Å². The van der Waals surface area contributed by atoms with Gasteiger partial charge in [0.25, 0.3) is 0 Å². The van der Waals surface area contributed by atoms with Crippen LogP contribution < -0.4 is 4.90 Å². The van der Waals surface area contributed by atoms with E-state index in [0.29, 0.717) is 25.7 Å². The first-order valence-electron chi connectivity index (χ1n) is 9.86. The maximum Gasteiger partial charge on any atom is 0.225 e. The minimum atomic E-state index is 0.253. The summed E-state index contributed by atoms with van der Waals surface area (Å²) in [5.74, 6) is 2.32. The zero-order valence-corrected chi connectivity index (χ0v) is 15.4. The fourth-order valence-electron chi connectivity index (χ4n) is 3.93. The van der Waals surface area contributed by atoms with Crippen molar-refractivity contribution in [1.29, 1.82) is 0 Å². The minimum Gasteiger partial charge on any atom is -0.378 e. The van der Waals surface area contributed by atoms with Crippen LogP contribution in [0.15, 0.2) is 30.3 Å². The van der Waals surface area contributed by atoms with Crippen molar-refractivity contribution in [2.24, 2.45) is 5.92 Å². The molecule has 0 radical (unpaired) electrons. The summed E-state index contributed by atoms with van der Waals surface area (Å²) in [5, 5.41) is 0. The number of carbonyl (C=O) groups excluding carboxylic acids is 1. The molecule has 27 heavy (non-hydrogen) atoms. The Bertz CT molecular complexity index is 845. The highest BCUT2D eigenvalue weighted by molar-refractivity contribution is 5.81. The first kappa shape index (κ1) is 16.7. The SMILES string of the molecule is O=C(C1CC1)N1CCc2nc(-c3ccccc3)nc(N3CCOCC3)c2C1. The van der Waals surface area contributed by atoms with Crippen LogP contribution in [0.2, 0.25) is 0 Å². The van der Waals surface area contributed by atoms with Gasteiger partial charge in [0.1, 0.15) is 5.82 Å². The fraction of sp³-hybridized carbons (Fsp3) is 0.476. The fourth-order valence-corrected chi connectivity index (χ4v) is 3.93. The van der Waals surface area contributed by atoms with Crippen molar-refractivity contribution in [2.75, 3.05) is 37.7 Å². The van der Waals surface area contributed by atoms with Gasteiger partial charge in [0.2, 0.25) is 5.91 Å². The van der Waals surface area contributed by atoms with E-state index in [-0.39, 0.29) is 5.92 Å². The van der Waals surface area contributed by atoms with E-state index >= 15 is 0 Å². The Kier molecular flexibility index (Phi) is 4.28. The van der Waals surface area contributed by atoms with Gasteiger partial charge in [-0.05, 0) is 12.8 Å². The summed E-state index contributed by atoms with van der Waals surface area (Å²) < 4.78 is 5.53. The second kappa shape index (κ2) is 6.93. The maximum atomic E-state index is 12.6. The largest absolute Gasteiger partial charge is 0.378 e. The highest BCUT2D eigenvalue weighted by Gasteiger charge is 2.36. The molecule has 6 heteroatoms. The molecule has 140 valence electrons. The van der Waals surface area contributed by atoms with Gasteiger partial charge in [-0.25, -0.2) is 9.97 Å². The van der Waals surface area contributed by atoms with Gasteiger partial charge in [0.05, 0.1) is 25.5 Å². The lowest BCUT2D eigenvalue weighted by atomic mass is 10.0. The van der Waals surface area contributed by atoms with Crippen LogP contribution in [-0.4, -0.2) is 53.6 Å². The molecule has 0 N–H and O–H groups in total.